The minimum atomic E-state index is -0.110. The van der Waals surface area contributed by atoms with Crippen LogP contribution in [0.25, 0.3) is 0 Å². The number of nitrogens with one attached hydrogen (secondary N) is 1. The summed E-state index contributed by atoms with van der Waals surface area (Å²) in [7, 11) is 0. The van der Waals surface area contributed by atoms with Crippen LogP contribution in [-0.2, 0) is 4.79 Å². The van der Waals surface area contributed by atoms with E-state index in [9.17, 15) is 4.79 Å². The molecule has 0 aromatic carbocycles. The molecule has 0 aliphatic heterocycles. The number of nitrogens with zero attached hydrogens (tertiary/aromatic N) is 1. The predicted molar refractivity (Wildman–Crippen MR) is 59.2 cm³/mol. The number of carbonyl (C=O) groups excluding carboxylic acids is 1. The molecule has 15 heavy (non-hydrogen) atoms. The second-order valence-corrected chi connectivity index (χ2v) is 4.06. The van der Waals surface area contributed by atoms with E-state index in [2.05, 4.69) is 10.3 Å². The molecule has 1 aliphatic carbocycles. The SMILES string of the molecule is CCC1(C(=O)Nc2ccc(N)nc2)CC1. The molecule has 80 valence electrons. The summed E-state index contributed by atoms with van der Waals surface area (Å²) in [5.41, 5.74) is 6.06. The van der Waals surface area contributed by atoms with E-state index >= 15 is 0 Å². The van der Waals surface area contributed by atoms with Crippen LogP contribution in [-0.4, -0.2) is 10.9 Å². The fourth-order valence-corrected chi connectivity index (χ4v) is 1.63. The number of anilines is 2. The zero-order valence-corrected chi connectivity index (χ0v) is 8.79. The van der Waals surface area contributed by atoms with Gasteiger partial charge in [-0.05, 0) is 31.4 Å². The zero-order valence-electron chi connectivity index (χ0n) is 8.79. The van der Waals surface area contributed by atoms with Crippen LogP contribution in [0.5, 0.6) is 0 Å². The number of aromatic nitrogens is 1. The Kier molecular flexibility index (Phi) is 2.34. The molecule has 1 fully saturated rings. The maximum Gasteiger partial charge on any atom is 0.230 e. The molecule has 1 aromatic heterocycles. The lowest BCUT2D eigenvalue weighted by Gasteiger charge is -2.12. The Bertz CT molecular complexity index is 368. The number of hydrogen-bond acceptors (Lipinski definition) is 3. The van der Waals surface area contributed by atoms with Gasteiger partial charge < -0.3 is 11.1 Å². The van der Waals surface area contributed by atoms with Crippen molar-refractivity contribution in [2.24, 2.45) is 5.41 Å². The first kappa shape index (κ1) is 9.96. The fourth-order valence-electron chi connectivity index (χ4n) is 1.63. The van der Waals surface area contributed by atoms with Gasteiger partial charge in [-0.3, -0.25) is 4.79 Å². The highest BCUT2D eigenvalue weighted by molar-refractivity contribution is 5.97. The molecule has 1 aliphatic rings. The summed E-state index contributed by atoms with van der Waals surface area (Å²) in [5, 5.41) is 2.87. The number of pyridine rings is 1. The van der Waals surface area contributed by atoms with Crippen LogP contribution in [0.15, 0.2) is 18.3 Å². The van der Waals surface area contributed by atoms with Crippen molar-refractivity contribution in [1.29, 1.82) is 0 Å². The van der Waals surface area contributed by atoms with Gasteiger partial charge in [0.1, 0.15) is 5.82 Å². The van der Waals surface area contributed by atoms with Crippen molar-refractivity contribution in [3.05, 3.63) is 18.3 Å². The molecule has 0 spiro atoms. The van der Waals surface area contributed by atoms with E-state index < -0.39 is 0 Å². The van der Waals surface area contributed by atoms with Crippen molar-refractivity contribution in [1.82, 2.24) is 4.98 Å². The molecule has 4 heteroatoms. The molecule has 3 N–H and O–H groups in total. The van der Waals surface area contributed by atoms with E-state index in [0.29, 0.717) is 11.5 Å². The molecule has 4 nitrogen and oxygen atoms in total. The second-order valence-electron chi connectivity index (χ2n) is 4.06. The van der Waals surface area contributed by atoms with Crippen molar-refractivity contribution in [2.75, 3.05) is 11.1 Å². The summed E-state index contributed by atoms with van der Waals surface area (Å²) in [6.45, 7) is 2.05. The molecular weight excluding hydrogens is 190 g/mol. The molecule has 0 atom stereocenters. The van der Waals surface area contributed by atoms with Crippen LogP contribution in [0.2, 0.25) is 0 Å². The topological polar surface area (TPSA) is 68.0 Å². The standard InChI is InChI=1S/C11H15N3O/c1-2-11(5-6-11)10(15)14-8-3-4-9(12)13-7-8/h3-4,7H,2,5-6H2,1H3,(H2,12,13)(H,14,15). The Labute approximate surface area is 88.9 Å². The van der Waals surface area contributed by atoms with E-state index in [1.807, 2.05) is 6.92 Å². The van der Waals surface area contributed by atoms with E-state index in [4.69, 9.17) is 5.73 Å². The van der Waals surface area contributed by atoms with E-state index in [1.165, 1.54) is 0 Å². The highest BCUT2D eigenvalue weighted by Gasteiger charge is 2.47. The Morgan fingerprint density at radius 1 is 1.60 bits per heavy atom. The molecule has 0 bridgehead atoms. The van der Waals surface area contributed by atoms with E-state index in [1.54, 1.807) is 18.3 Å². The molecule has 1 heterocycles. The van der Waals surface area contributed by atoms with Gasteiger partial charge in [-0.2, -0.15) is 0 Å². The highest BCUT2D eigenvalue weighted by Crippen LogP contribution is 2.49. The molecule has 1 aromatic rings. The van der Waals surface area contributed by atoms with Crippen LogP contribution >= 0.6 is 0 Å². The summed E-state index contributed by atoms with van der Waals surface area (Å²) >= 11 is 0. The Hall–Kier alpha value is -1.58. The predicted octanol–water partition coefficient (Wildman–Crippen LogP) is 1.79. The Balaban J connectivity index is 2.03. The molecule has 0 saturated heterocycles. The lowest BCUT2D eigenvalue weighted by molar-refractivity contribution is -0.121. The first-order valence-electron chi connectivity index (χ1n) is 5.19. The third kappa shape index (κ3) is 1.93. The largest absolute Gasteiger partial charge is 0.384 e. The van der Waals surface area contributed by atoms with Crippen LogP contribution < -0.4 is 11.1 Å². The van der Waals surface area contributed by atoms with Crippen LogP contribution in [0, 0.1) is 5.41 Å². The van der Waals surface area contributed by atoms with Gasteiger partial charge in [-0.15, -0.1) is 0 Å². The molecule has 1 amide bonds. The van der Waals surface area contributed by atoms with Gasteiger partial charge in [0.15, 0.2) is 0 Å². The average molecular weight is 205 g/mol. The van der Waals surface area contributed by atoms with Gasteiger partial charge in [0.2, 0.25) is 5.91 Å². The van der Waals surface area contributed by atoms with Gasteiger partial charge in [-0.25, -0.2) is 4.98 Å². The third-order valence-electron chi connectivity index (χ3n) is 3.06. The maximum atomic E-state index is 11.8. The number of amides is 1. The minimum Gasteiger partial charge on any atom is -0.384 e. The summed E-state index contributed by atoms with van der Waals surface area (Å²) in [6, 6.07) is 3.45. The normalized spacial score (nSPS) is 17.1. The summed E-state index contributed by atoms with van der Waals surface area (Å²) < 4.78 is 0. The molecule has 1 saturated carbocycles. The smallest absolute Gasteiger partial charge is 0.230 e. The first-order valence-corrected chi connectivity index (χ1v) is 5.19. The molecule has 0 unspecified atom stereocenters. The number of carbonyl (C=O) groups is 1. The van der Waals surface area contributed by atoms with Crippen molar-refractivity contribution in [3.8, 4) is 0 Å². The lowest BCUT2D eigenvalue weighted by atomic mass is 10.0. The molecular formula is C11H15N3O. The number of nitrogens with two attached hydrogens (primary N) is 1. The summed E-state index contributed by atoms with van der Waals surface area (Å²) in [4.78, 5) is 15.8. The van der Waals surface area contributed by atoms with Gasteiger partial charge in [0, 0.05) is 5.41 Å². The number of rotatable bonds is 3. The van der Waals surface area contributed by atoms with Crippen molar-refractivity contribution in [2.45, 2.75) is 26.2 Å². The quantitative estimate of drug-likeness (QED) is 0.790. The van der Waals surface area contributed by atoms with Gasteiger partial charge >= 0.3 is 0 Å². The maximum absolute atomic E-state index is 11.8. The van der Waals surface area contributed by atoms with Crippen LogP contribution in [0.1, 0.15) is 26.2 Å². The monoisotopic (exact) mass is 205 g/mol. The highest BCUT2D eigenvalue weighted by atomic mass is 16.2. The van der Waals surface area contributed by atoms with Crippen LogP contribution in [0.4, 0.5) is 11.5 Å². The van der Waals surface area contributed by atoms with Crippen LogP contribution in [0.3, 0.4) is 0 Å². The van der Waals surface area contributed by atoms with Gasteiger partial charge in [0.05, 0.1) is 11.9 Å². The van der Waals surface area contributed by atoms with Crippen molar-refractivity contribution >= 4 is 17.4 Å². The van der Waals surface area contributed by atoms with Gasteiger partial charge in [0.25, 0.3) is 0 Å². The lowest BCUT2D eigenvalue weighted by Crippen LogP contribution is -2.23. The Morgan fingerprint density at radius 3 is 2.80 bits per heavy atom. The molecule has 0 radical (unpaired) electrons. The molecule has 2 rings (SSSR count). The van der Waals surface area contributed by atoms with E-state index in [-0.39, 0.29) is 11.3 Å². The summed E-state index contributed by atoms with van der Waals surface area (Å²) in [6.07, 6.45) is 4.48. The summed E-state index contributed by atoms with van der Waals surface area (Å²) in [5.74, 6) is 0.571. The van der Waals surface area contributed by atoms with E-state index in [0.717, 1.165) is 19.3 Å². The average Bonchev–Trinajstić information content (AvgIpc) is 3.02. The number of nitrogen functional groups attached to an aromatic ring is 1. The first-order chi connectivity index (χ1) is 7.16. The van der Waals surface area contributed by atoms with Gasteiger partial charge in [-0.1, -0.05) is 6.92 Å². The second kappa shape index (κ2) is 3.53. The third-order valence-corrected chi connectivity index (χ3v) is 3.06. The fraction of sp³-hybridized carbons (Fsp3) is 0.455. The number of hydrogen-bond donors (Lipinski definition) is 2. The zero-order chi connectivity index (χ0) is 10.9. The Morgan fingerprint density at radius 2 is 2.33 bits per heavy atom. The minimum absolute atomic E-state index is 0.108. The van der Waals surface area contributed by atoms with Crippen molar-refractivity contribution < 1.29 is 4.79 Å². The van der Waals surface area contributed by atoms with Crippen molar-refractivity contribution in [3.63, 3.8) is 0 Å².